The first-order valence-electron chi connectivity index (χ1n) is 16.0. The van der Waals surface area contributed by atoms with E-state index >= 15 is 0 Å². The number of carbonyl (C=O) groups excluding carboxylic acids is 2. The number of aryl methyl sites for hydroxylation is 1. The molecule has 7 heteroatoms. The van der Waals surface area contributed by atoms with E-state index in [9.17, 15) is 9.59 Å². The quantitative estimate of drug-likeness (QED) is 0.166. The minimum absolute atomic E-state index is 0.0305. The lowest BCUT2D eigenvalue weighted by molar-refractivity contribution is -0.168. The van der Waals surface area contributed by atoms with Crippen molar-refractivity contribution in [1.29, 1.82) is 0 Å². The van der Waals surface area contributed by atoms with Crippen molar-refractivity contribution in [1.82, 2.24) is 9.96 Å². The third kappa shape index (κ3) is 7.01. The molecule has 236 valence electrons. The molecule has 0 N–H and O–H groups in total. The van der Waals surface area contributed by atoms with Gasteiger partial charge in [0.2, 0.25) is 5.91 Å². The van der Waals surface area contributed by atoms with Gasteiger partial charge in [-0.15, -0.1) is 0 Å². The molecule has 44 heavy (non-hydrogen) atoms. The van der Waals surface area contributed by atoms with Gasteiger partial charge in [-0.2, -0.15) is 0 Å². The summed E-state index contributed by atoms with van der Waals surface area (Å²) in [5.74, 6) is -0.0888. The summed E-state index contributed by atoms with van der Waals surface area (Å²) in [5, 5.41) is 3.57. The number of benzene rings is 3. The molecule has 3 aromatic rings. The van der Waals surface area contributed by atoms with Crippen molar-refractivity contribution >= 4 is 30.5 Å². The van der Waals surface area contributed by atoms with Gasteiger partial charge in [0.15, 0.2) is 0 Å². The highest BCUT2D eigenvalue weighted by Crippen LogP contribution is 2.40. The maximum atomic E-state index is 14.6. The maximum Gasteiger partial charge on any atom is 0.261 e. The Morgan fingerprint density at radius 1 is 0.864 bits per heavy atom. The van der Waals surface area contributed by atoms with Gasteiger partial charge >= 0.3 is 0 Å². The van der Waals surface area contributed by atoms with E-state index in [4.69, 9.17) is 9.26 Å². The van der Waals surface area contributed by atoms with Crippen LogP contribution in [0.5, 0.6) is 0 Å². The average Bonchev–Trinajstić information content (AvgIpc) is 3.53. The SMILES string of the molecule is CCC1(N(CCO[Si](c2ccccc2)(c2ccccc2)C(C)(C)C)C(=O)c2ccccc2CCC(=O)N(C)OC)CCCC1. The van der Waals surface area contributed by atoms with Crippen LogP contribution in [0.4, 0.5) is 0 Å². The molecule has 1 aliphatic rings. The first-order valence-corrected chi connectivity index (χ1v) is 18.0. The fourth-order valence-electron chi connectivity index (χ4n) is 7.05. The average molecular weight is 615 g/mol. The van der Waals surface area contributed by atoms with Gasteiger partial charge in [-0.25, -0.2) is 5.06 Å². The van der Waals surface area contributed by atoms with Crippen LogP contribution in [0.2, 0.25) is 5.04 Å². The third-order valence-electron chi connectivity index (χ3n) is 9.54. The molecule has 0 unspecified atom stereocenters. The molecule has 1 saturated carbocycles. The molecule has 6 nitrogen and oxygen atoms in total. The molecule has 0 saturated heterocycles. The minimum Gasteiger partial charge on any atom is -0.406 e. The van der Waals surface area contributed by atoms with E-state index in [1.807, 2.05) is 24.3 Å². The summed E-state index contributed by atoms with van der Waals surface area (Å²) < 4.78 is 7.26. The molecule has 3 aromatic carbocycles. The molecule has 0 spiro atoms. The molecule has 1 fully saturated rings. The van der Waals surface area contributed by atoms with Crippen LogP contribution in [0.25, 0.3) is 0 Å². The predicted octanol–water partition coefficient (Wildman–Crippen LogP) is 6.38. The molecule has 4 rings (SSSR count). The first kappa shape index (κ1) is 33.6. The molecule has 0 atom stereocenters. The van der Waals surface area contributed by atoms with Gasteiger partial charge < -0.3 is 9.33 Å². The van der Waals surface area contributed by atoms with Crippen molar-refractivity contribution in [2.45, 2.75) is 83.2 Å². The highest BCUT2D eigenvalue weighted by molar-refractivity contribution is 6.99. The molecule has 0 radical (unpaired) electrons. The Kier molecular flexibility index (Phi) is 11.2. The second-order valence-electron chi connectivity index (χ2n) is 13.0. The number of hydroxylamine groups is 2. The van der Waals surface area contributed by atoms with Crippen LogP contribution in [0.1, 0.15) is 82.1 Å². The number of amides is 2. The van der Waals surface area contributed by atoms with Crippen molar-refractivity contribution < 1.29 is 18.9 Å². The lowest BCUT2D eigenvalue weighted by Gasteiger charge is -2.45. The fourth-order valence-corrected chi connectivity index (χ4v) is 11.6. The Balaban J connectivity index is 1.68. The maximum absolute atomic E-state index is 14.6. The van der Waals surface area contributed by atoms with Crippen LogP contribution < -0.4 is 10.4 Å². The second kappa shape index (κ2) is 14.7. The normalized spacial score (nSPS) is 14.8. The molecular formula is C37H50N2O4Si. The summed E-state index contributed by atoms with van der Waals surface area (Å²) in [6, 6.07) is 29.1. The third-order valence-corrected chi connectivity index (χ3v) is 14.6. The number of hydrogen-bond acceptors (Lipinski definition) is 4. The Morgan fingerprint density at radius 2 is 1.41 bits per heavy atom. The second-order valence-corrected chi connectivity index (χ2v) is 17.3. The van der Waals surface area contributed by atoms with E-state index in [0.29, 0.717) is 25.1 Å². The summed E-state index contributed by atoms with van der Waals surface area (Å²) in [6.45, 7) is 10.0. The number of carbonyl (C=O) groups is 2. The van der Waals surface area contributed by atoms with Gasteiger partial charge in [0.1, 0.15) is 0 Å². The number of hydrogen-bond donors (Lipinski definition) is 0. The minimum atomic E-state index is -2.75. The van der Waals surface area contributed by atoms with Gasteiger partial charge in [0, 0.05) is 31.1 Å². The fraction of sp³-hybridized carbons (Fsp3) is 0.459. The summed E-state index contributed by atoms with van der Waals surface area (Å²) in [6.07, 6.45) is 5.86. The number of rotatable bonds is 13. The summed E-state index contributed by atoms with van der Waals surface area (Å²) in [7, 11) is 0.342. The summed E-state index contributed by atoms with van der Waals surface area (Å²) in [5.41, 5.74) is 1.36. The Bertz CT molecular complexity index is 1330. The van der Waals surface area contributed by atoms with Gasteiger partial charge in [-0.1, -0.05) is 119 Å². The zero-order valence-electron chi connectivity index (χ0n) is 27.5. The molecule has 1 aliphatic carbocycles. The largest absolute Gasteiger partial charge is 0.406 e. The van der Waals surface area contributed by atoms with Crippen LogP contribution in [0.15, 0.2) is 84.9 Å². The monoisotopic (exact) mass is 614 g/mol. The molecular weight excluding hydrogens is 565 g/mol. The topological polar surface area (TPSA) is 59.1 Å². The Morgan fingerprint density at radius 3 is 1.93 bits per heavy atom. The Hall–Kier alpha value is -3.26. The van der Waals surface area contributed by atoms with Gasteiger partial charge in [0.05, 0.1) is 13.7 Å². The standard InChI is InChI=1S/C37H50N2O4Si/c1-7-37(26-16-17-27-37)39(35(41)33-23-15-14-18-30(33)24-25-34(40)38(5)42-6)28-29-43-44(36(2,3)4,31-19-10-8-11-20-31)32-21-12-9-13-22-32/h8-15,18-23H,7,16-17,24-29H2,1-6H3. The van der Waals surface area contributed by atoms with E-state index in [1.165, 1.54) is 22.5 Å². The molecule has 2 amide bonds. The van der Waals surface area contributed by atoms with E-state index in [0.717, 1.165) is 37.7 Å². The highest BCUT2D eigenvalue weighted by atomic mass is 28.4. The summed E-state index contributed by atoms with van der Waals surface area (Å²) in [4.78, 5) is 34.3. The molecule has 0 bridgehead atoms. The van der Waals surface area contributed by atoms with Crippen molar-refractivity contribution in [3.8, 4) is 0 Å². The van der Waals surface area contributed by atoms with Crippen LogP contribution in [0.3, 0.4) is 0 Å². The Labute approximate surface area is 265 Å². The van der Waals surface area contributed by atoms with Crippen LogP contribution >= 0.6 is 0 Å². The molecule has 0 aliphatic heterocycles. The van der Waals surface area contributed by atoms with Crippen molar-refractivity contribution in [2.75, 3.05) is 27.3 Å². The smallest absolute Gasteiger partial charge is 0.261 e. The molecule has 0 aromatic heterocycles. The zero-order chi connectivity index (χ0) is 31.8. The van der Waals surface area contributed by atoms with E-state index in [2.05, 4.69) is 93.3 Å². The zero-order valence-corrected chi connectivity index (χ0v) is 28.5. The van der Waals surface area contributed by atoms with Crippen molar-refractivity contribution in [3.63, 3.8) is 0 Å². The van der Waals surface area contributed by atoms with Crippen LogP contribution in [-0.4, -0.2) is 62.9 Å². The van der Waals surface area contributed by atoms with Crippen LogP contribution in [-0.2, 0) is 20.5 Å². The van der Waals surface area contributed by atoms with Crippen molar-refractivity contribution in [2.24, 2.45) is 0 Å². The van der Waals surface area contributed by atoms with Crippen LogP contribution in [0, 0.1) is 0 Å². The van der Waals surface area contributed by atoms with E-state index < -0.39 is 8.32 Å². The predicted molar refractivity (Wildman–Crippen MR) is 181 cm³/mol. The first-order chi connectivity index (χ1) is 21.1. The number of nitrogens with zero attached hydrogens (tertiary/aromatic N) is 2. The van der Waals surface area contributed by atoms with Gasteiger partial charge in [-0.05, 0) is 52.7 Å². The van der Waals surface area contributed by atoms with E-state index in [-0.39, 0.29) is 28.8 Å². The van der Waals surface area contributed by atoms with Crippen molar-refractivity contribution in [3.05, 3.63) is 96.1 Å². The highest BCUT2D eigenvalue weighted by Gasteiger charge is 2.50. The lowest BCUT2D eigenvalue weighted by atomic mass is 9.90. The van der Waals surface area contributed by atoms with Gasteiger partial charge in [0.25, 0.3) is 14.2 Å². The van der Waals surface area contributed by atoms with E-state index in [1.54, 1.807) is 7.05 Å². The molecule has 0 heterocycles. The van der Waals surface area contributed by atoms with Gasteiger partial charge in [-0.3, -0.25) is 14.4 Å². The summed E-state index contributed by atoms with van der Waals surface area (Å²) >= 11 is 0. The lowest BCUT2D eigenvalue weighted by Crippen LogP contribution is -2.67.